The minimum atomic E-state index is 0. The molecule has 0 spiro atoms. The predicted molar refractivity (Wildman–Crippen MR) is 34.8 cm³/mol. The van der Waals surface area contributed by atoms with E-state index in [1.807, 2.05) is 0 Å². The number of rotatable bonds is 1. The molecule has 0 saturated carbocycles. The Bertz CT molecular complexity index is 68.0. The van der Waals surface area contributed by atoms with Crippen LogP contribution in [0.15, 0.2) is 0 Å². The van der Waals surface area contributed by atoms with Gasteiger partial charge in [-0.2, -0.15) is 3.89 Å². The van der Waals surface area contributed by atoms with Crippen LogP contribution in [-0.4, -0.2) is 18.3 Å². The van der Waals surface area contributed by atoms with E-state index >= 15 is 0 Å². The fraction of sp³-hybridized carbons (Fsp3) is 1.00. The predicted octanol–water partition coefficient (Wildman–Crippen LogP) is 2.14. The minimum Gasteiger partial charge on any atom is -0.661 e. The van der Waals surface area contributed by atoms with Crippen LogP contribution in [-0.2, 0) is 21.1 Å². The van der Waals surface area contributed by atoms with Crippen LogP contribution in [0.2, 0.25) is 0 Å². The van der Waals surface area contributed by atoms with Crippen molar-refractivity contribution in [3.63, 3.8) is 0 Å². The molecule has 1 heterocycles. The molecule has 4 heteroatoms. The van der Waals surface area contributed by atoms with Gasteiger partial charge in [-0.1, -0.05) is 6.42 Å². The standard InChI is InChI=1S/C5H9FNS.W/c6-8-5-2-1-3-7-4-5;/h5H,1-4H2;/q-1;. The summed E-state index contributed by atoms with van der Waals surface area (Å²) < 4.78 is 11.7. The van der Waals surface area contributed by atoms with Gasteiger partial charge >= 0.3 is 0 Å². The fourth-order valence-corrected chi connectivity index (χ4v) is 1.25. The van der Waals surface area contributed by atoms with Crippen molar-refractivity contribution in [1.29, 1.82) is 0 Å². The average molecular weight is 318 g/mol. The third-order valence-corrected chi connectivity index (χ3v) is 1.94. The van der Waals surface area contributed by atoms with E-state index in [9.17, 15) is 3.89 Å². The summed E-state index contributed by atoms with van der Waals surface area (Å²) in [4.78, 5) is 0. The van der Waals surface area contributed by atoms with Crippen LogP contribution >= 0.6 is 12.1 Å². The Hall–Kier alpha value is 0.928. The van der Waals surface area contributed by atoms with Crippen molar-refractivity contribution in [1.82, 2.24) is 0 Å². The van der Waals surface area contributed by atoms with Crippen molar-refractivity contribution >= 4 is 12.1 Å². The third-order valence-electron chi connectivity index (χ3n) is 1.30. The second-order valence-electron chi connectivity index (χ2n) is 1.98. The molecule has 0 bridgehead atoms. The molecule has 0 aromatic rings. The Kier molecular flexibility index (Phi) is 6.28. The monoisotopic (exact) mass is 318 g/mol. The van der Waals surface area contributed by atoms with Gasteiger partial charge in [0.25, 0.3) is 0 Å². The van der Waals surface area contributed by atoms with Gasteiger partial charge in [-0.25, -0.2) is 0 Å². The topological polar surface area (TPSA) is 14.1 Å². The molecule has 0 N–H and O–H groups in total. The van der Waals surface area contributed by atoms with Gasteiger partial charge in [-0.05, 0) is 6.42 Å². The first kappa shape index (κ1) is 9.93. The van der Waals surface area contributed by atoms with Crippen molar-refractivity contribution in [3.8, 4) is 0 Å². The summed E-state index contributed by atoms with van der Waals surface area (Å²) in [6.07, 6.45) is 2.08. The Morgan fingerprint density at radius 1 is 1.56 bits per heavy atom. The minimum absolute atomic E-state index is 0. The average Bonchev–Trinajstić information content (AvgIpc) is 1.90. The Labute approximate surface area is 73.7 Å². The van der Waals surface area contributed by atoms with E-state index in [0.717, 1.165) is 25.9 Å². The molecule has 0 aliphatic carbocycles. The van der Waals surface area contributed by atoms with Crippen LogP contribution in [0.5, 0.6) is 0 Å². The van der Waals surface area contributed by atoms with Crippen molar-refractivity contribution in [2.24, 2.45) is 0 Å². The van der Waals surface area contributed by atoms with Crippen LogP contribution in [0.3, 0.4) is 0 Å². The van der Waals surface area contributed by atoms with E-state index in [1.165, 1.54) is 0 Å². The molecule has 0 aromatic heterocycles. The molecule has 1 saturated heterocycles. The molecule has 54 valence electrons. The molecule has 0 aromatic carbocycles. The first-order valence-electron chi connectivity index (χ1n) is 2.84. The van der Waals surface area contributed by atoms with E-state index in [0.29, 0.717) is 12.1 Å². The SMILES string of the molecule is FSC1CCC[N-]C1.[W]. The van der Waals surface area contributed by atoms with Gasteiger partial charge in [0.1, 0.15) is 0 Å². The Morgan fingerprint density at radius 3 is 2.67 bits per heavy atom. The fourth-order valence-electron chi connectivity index (χ4n) is 0.830. The Morgan fingerprint density at radius 2 is 2.33 bits per heavy atom. The molecular weight excluding hydrogens is 309 g/mol. The molecule has 1 fully saturated rings. The summed E-state index contributed by atoms with van der Waals surface area (Å²) in [5, 5.41) is 4.24. The molecule has 1 unspecified atom stereocenters. The van der Waals surface area contributed by atoms with Gasteiger partial charge in [0.2, 0.25) is 0 Å². The first-order valence-corrected chi connectivity index (χ1v) is 3.62. The molecule has 1 atom stereocenters. The van der Waals surface area contributed by atoms with E-state index in [4.69, 9.17) is 0 Å². The van der Waals surface area contributed by atoms with Crippen LogP contribution in [0.25, 0.3) is 5.32 Å². The third kappa shape index (κ3) is 3.59. The van der Waals surface area contributed by atoms with Gasteiger partial charge in [-0.3, -0.25) is 0 Å². The number of hydrogen-bond acceptors (Lipinski definition) is 1. The quantitative estimate of drug-likeness (QED) is 0.722. The summed E-state index contributed by atoms with van der Waals surface area (Å²) >= 11 is 0.452. The summed E-state index contributed by atoms with van der Waals surface area (Å²) in [7, 11) is 0. The van der Waals surface area contributed by atoms with Crippen molar-refractivity contribution in [2.75, 3.05) is 13.1 Å². The van der Waals surface area contributed by atoms with Crippen LogP contribution < -0.4 is 0 Å². The maximum atomic E-state index is 11.7. The molecule has 0 radical (unpaired) electrons. The second kappa shape index (κ2) is 5.69. The summed E-state index contributed by atoms with van der Waals surface area (Å²) in [5.74, 6) is 0. The summed E-state index contributed by atoms with van der Waals surface area (Å²) in [6, 6.07) is 0. The zero-order chi connectivity index (χ0) is 5.82. The maximum Gasteiger partial charge on any atom is 0.0459 e. The molecule has 0 amide bonds. The zero-order valence-electron chi connectivity index (χ0n) is 5.05. The van der Waals surface area contributed by atoms with E-state index in [1.54, 1.807) is 0 Å². The summed E-state index contributed by atoms with van der Waals surface area (Å²) in [6.45, 7) is 1.66. The number of hydrogen-bond donors (Lipinski definition) is 0. The van der Waals surface area contributed by atoms with E-state index in [-0.39, 0.29) is 26.3 Å². The van der Waals surface area contributed by atoms with Crippen molar-refractivity contribution in [2.45, 2.75) is 18.1 Å². The number of piperidine rings is 1. The molecule has 1 aliphatic heterocycles. The molecule has 1 aliphatic rings. The van der Waals surface area contributed by atoms with Crippen molar-refractivity contribution < 1.29 is 25.0 Å². The van der Waals surface area contributed by atoms with Gasteiger partial charge < -0.3 is 5.32 Å². The van der Waals surface area contributed by atoms with Crippen LogP contribution in [0, 0.1) is 0 Å². The van der Waals surface area contributed by atoms with Gasteiger partial charge in [0.15, 0.2) is 0 Å². The van der Waals surface area contributed by atoms with E-state index in [2.05, 4.69) is 5.32 Å². The number of nitrogens with zero attached hydrogens (tertiary/aromatic N) is 1. The molecule has 1 rings (SSSR count). The first-order chi connectivity index (χ1) is 3.93. The van der Waals surface area contributed by atoms with Gasteiger partial charge in [0, 0.05) is 38.5 Å². The zero-order valence-corrected chi connectivity index (χ0v) is 8.80. The second-order valence-corrected chi connectivity index (χ2v) is 2.83. The van der Waals surface area contributed by atoms with Crippen LogP contribution in [0.4, 0.5) is 3.89 Å². The molecule has 9 heavy (non-hydrogen) atoms. The normalized spacial score (nSPS) is 27.0. The number of halogens is 1. The Balaban J connectivity index is 0.000000640. The van der Waals surface area contributed by atoms with E-state index < -0.39 is 0 Å². The molecule has 1 nitrogen and oxygen atoms in total. The van der Waals surface area contributed by atoms with Gasteiger partial charge in [0.05, 0.1) is 0 Å². The summed E-state index contributed by atoms with van der Waals surface area (Å²) in [5.41, 5.74) is 0. The largest absolute Gasteiger partial charge is 0.661 e. The maximum absolute atomic E-state index is 11.7. The smallest absolute Gasteiger partial charge is 0.0459 e. The van der Waals surface area contributed by atoms with Gasteiger partial charge in [-0.15, -0.1) is 13.1 Å². The van der Waals surface area contributed by atoms with Crippen LogP contribution in [0.1, 0.15) is 12.8 Å². The molecular formula is C5H9FNSW-. The van der Waals surface area contributed by atoms with Crippen molar-refractivity contribution in [3.05, 3.63) is 5.32 Å².